The number of carbonyl (C=O) groups is 1. The summed E-state index contributed by atoms with van der Waals surface area (Å²) in [4.78, 5) is 15.7. The zero-order valence-corrected chi connectivity index (χ0v) is 9.10. The van der Waals surface area contributed by atoms with Gasteiger partial charge in [0.25, 0.3) is 0 Å². The van der Waals surface area contributed by atoms with E-state index in [1.807, 2.05) is 18.2 Å². The average Bonchev–Trinajstić information content (AvgIpc) is 2.28. The molecule has 0 aromatic carbocycles. The number of aromatic nitrogens is 1. The van der Waals surface area contributed by atoms with Crippen molar-refractivity contribution in [3.63, 3.8) is 0 Å². The smallest absolute Gasteiger partial charge is 0.318 e. The van der Waals surface area contributed by atoms with Gasteiger partial charge in [0.15, 0.2) is 0 Å². The third-order valence-electron chi connectivity index (χ3n) is 2.65. The minimum atomic E-state index is -0.549. The van der Waals surface area contributed by atoms with Gasteiger partial charge in [0, 0.05) is 12.7 Å². The number of ether oxygens (including phenoxy) is 2. The number of nitrogens with one attached hydrogen (secondary N) is 1. The number of carbonyl (C=O) groups excluding carboxylic acids is 1. The van der Waals surface area contributed by atoms with Crippen molar-refractivity contribution in [1.82, 2.24) is 4.98 Å². The van der Waals surface area contributed by atoms with Gasteiger partial charge in [-0.05, 0) is 12.1 Å². The Hall–Kier alpha value is -1.62. The van der Waals surface area contributed by atoms with Crippen LogP contribution < -0.4 is 5.32 Å². The highest BCUT2D eigenvalue weighted by Gasteiger charge is 2.47. The first kappa shape index (κ1) is 10.9. The fourth-order valence-corrected chi connectivity index (χ4v) is 1.58. The second-order valence-corrected chi connectivity index (χ2v) is 3.83. The van der Waals surface area contributed by atoms with Crippen molar-refractivity contribution in [2.24, 2.45) is 5.41 Å². The highest BCUT2D eigenvalue weighted by atomic mass is 16.5. The molecular formula is C11H14N2O3. The zero-order valence-electron chi connectivity index (χ0n) is 9.10. The quantitative estimate of drug-likeness (QED) is 0.759. The van der Waals surface area contributed by atoms with Gasteiger partial charge in [0.05, 0.1) is 20.3 Å². The molecule has 0 spiro atoms. The molecule has 1 aliphatic heterocycles. The van der Waals surface area contributed by atoms with Crippen molar-refractivity contribution in [1.29, 1.82) is 0 Å². The van der Waals surface area contributed by atoms with Crippen LogP contribution in [0.2, 0.25) is 0 Å². The molecule has 0 amide bonds. The van der Waals surface area contributed by atoms with Gasteiger partial charge >= 0.3 is 5.97 Å². The van der Waals surface area contributed by atoms with Crippen molar-refractivity contribution < 1.29 is 14.3 Å². The molecule has 0 radical (unpaired) electrons. The van der Waals surface area contributed by atoms with E-state index in [1.165, 1.54) is 7.11 Å². The Balaban J connectivity index is 1.96. The maximum Gasteiger partial charge on any atom is 0.318 e. The van der Waals surface area contributed by atoms with E-state index in [0.29, 0.717) is 19.8 Å². The summed E-state index contributed by atoms with van der Waals surface area (Å²) in [6.45, 7) is 1.29. The summed E-state index contributed by atoms with van der Waals surface area (Å²) in [5.74, 6) is 0.514. The zero-order chi connectivity index (χ0) is 11.4. The van der Waals surface area contributed by atoms with Gasteiger partial charge in [-0.3, -0.25) is 4.79 Å². The van der Waals surface area contributed by atoms with Crippen LogP contribution in [0.3, 0.4) is 0 Å². The molecular weight excluding hydrogens is 208 g/mol. The monoisotopic (exact) mass is 222 g/mol. The Morgan fingerprint density at radius 1 is 1.62 bits per heavy atom. The minimum absolute atomic E-state index is 0.234. The molecule has 1 saturated heterocycles. The summed E-state index contributed by atoms with van der Waals surface area (Å²) in [5, 5.41) is 3.11. The fourth-order valence-electron chi connectivity index (χ4n) is 1.58. The number of nitrogens with zero attached hydrogens (tertiary/aromatic N) is 1. The Morgan fingerprint density at radius 3 is 2.94 bits per heavy atom. The molecule has 1 fully saturated rings. The van der Waals surface area contributed by atoms with Crippen LogP contribution in [0.25, 0.3) is 0 Å². The summed E-state index contributed by atoms with van der Waals surface area (Å²) in [7, 11) is 1.39. The largest absolute Gasteiger partial charge is 0.468 e. The normalized spacial score (nSPS) is 17.3. The molecule has 1 aromatic heterocycles. The molecule has 86 valence electrons. The van der Waals surface area contributed by atoms with E-state index in [0.717, 1.165) is 5.82 Å². The molecule has 0 unspecified atom stereocenters. The van der Waals surface area contributed by atoms with Crippen molar-refractivity contribution >= 4 is 11.8 Å². The molecule has 5 heteroatoms. The fraction of sp³-hybridized carbons (Fsp3) is 0.455. The van der Waals surface area contributed by atoms with Crippen LogP contribution >= 0.6 is 0 Å². The molecule has 5 nitrogen and oxygen atoms in total. The van der Waals surface area contributed by atoms with Crippen LogP contribution in [0.4, 0.5) is 5.82 Å². The lowest BCUT2D eigenvalue weighted by Crippen LogP contribution is -2.54. The van der Waals surface area contributed by atoms with Crippen LogP contribution in [-0.2, 0) is 14.3 Å². The van der Waals surface area contributed by atoms with E-state index in [2.05, 4.69) is 10.3 Å². The highest BCUT2D eigenvalue weighted by Crippen LogP contribution is 2.29. The number of hydrogen-bond donors (Lipinski definition) is 1. The standard InChI is InChI=1S/C11H14N2O3/c1-15-10(14)11(7-16-8-11)6-13-9-4-2-3-5-12-9/h2-5H,6-8H2,1H3,(H,12,13). The Bertz CT molecular complexity index is 363. The van der Waals surface area contributed by atoms with Crippen LogP contribution in [0.5, 0.6) is 0 Å². The number of methoxy groups -OCH3 is 1. The van der Waals surface area contributed by atoms with Gasteiger partial charge in [0.2, 0.25) is 0 Å². The van der Waals surface area contributed by atoms with Crippen molar-refractivity contribution in [3.05, 3.63) is 24.4 Å². The molecule has 1 N–H and O–H groups in total. The van der Waals surface area contributed by atoms with Crippen molar-refractivity contribution in [3.8, 4) is 0 Å². The second-order valence-electron chi connectivity index (χ2n) is 3.83. The van der Waals surface area contributed by atoms with Gasteiger partial charge in [-0.15, -0.1) is 0 Å². The van der Waals surface area contributed by atoms with E-state index < -0.39 is 5.41 Å². The molecule has 1 aromatic rings. The predicted molar refractivity (Wildman–Crippen MR) is 58.0 cm³/mol. The molecule has 0 saturated carbocycles. The molecule has 2 rings (SSSR count). The van der Waals surface area contributed by atoms with Crippen LogP contribution in [-0.4, -0.2) is 37.8 Å². The van der Waals surface area contributed by atoms with E-state index in [4.69, 9.17) is 9.47 Å². The third kappa shape index (κ3) is 1.99. The highest BCUT2D eigenvalue weighted by molar-refractivity contribution is 5.78. The molecule has 0 bridgehead atoms. The summed E-state index contributed by atoms with van der Waals surface area (Å²) in [6.07, 6.45) is 1.70. The topological polar surface area (TPSA) is 60.5 Å². The van der Waals surface area contributed by atoms with E-state index >= 15 is 0 Å². The van der Waals surface area contributed by atoms with Crippen LogP contribution in [0.15, 0.2) is 24.4 Å². The number of anilines is 1. The number of hydrogen-bond acceptors (Lipinski definition) is 5. The van der Waals surface area contributed by atoms with Crippen LogP contribution in [0.1, 0.15) is 0 Å². The van der Waals surface area contributed by atoms with Crippen molar-refractivity contribution in [2.75, 3.05) is 32.2 Å². The SMILES string of the molecule is COC(=O)C1(CNc2ccccn2)COC1. The molecule has 16 heavy (non-hydrogen) atoms. The van der Waals surface area contributed by atoms with E-state index in [1.54, 1.807) is 6.20 Å². The first-order valence-electron chi connectivity index (χ1n) is 5.08. The van der Waals surface area contributed by atoms with Gasteiger partial charge in [-0.1, -0.05) is 6.07 Å². The van der Waals surface area contributed by atoms with Crippen LogP contribution in [0, 0.1) is 5.41 Å². The van der Waals surface area contributed by atoms with Gasteiger partial charge < -0.3 is 14.8 Å². The summed E-state index contributed by atoms with van der Waals surface area (Å²) < 4.78 is 9.85. The Labute approximate surface area is 93.8 Å². The van der Waals surface area contributed by atoms with Gasteiger partial charge in [-0.2, -0.15) is 0 Å². The lowest BCUT2D eigenvalue weighted by molar-refractivity contribution is -0.180. The predicted octanol–water partition coefficient (Wildman–Crippen LogP) is 0.683. The van der Waals surface area contributed by atoms with E-state index in [-0.39, 0.29) is 5.97 Å². The number of pyridine rings is 1. The first-order valence-corrected chi connectivity index (χ1v) is 5.08. The average molecular weight is 222 g/mol. The van der Waals surface area contributed by atoms with Gasteiger partial charge in [-0.25, -0.2) is 4.98 Å². The number of esters is 1. The molecule has 0 atom stereocenters. The van der Waals surface area contributed by atoms with Gasteiger partial charge in [0.1, 0.15) is 11.2 Å². The number of rotatable bonds is 4. The Kier molecular flexibility index (Phi) is 3.05. The lowest BCUT2D eigenvalue weighted by atomic mass is 9.86. The van der Waals surface area contributed by atoms with Crippen molar-refractivity contribution in [2.45, 2.75) is 0 Å². The Morgan fingerprint density at radius 2 is 2.44 bits per heavy atom. The first-order chi connectivity index (χ1) is 7.77. The summed E-state index contributed by atoms with van der Waals surface area (Å²) >= 11 is 0. The maximum absolute atomic E-state index is 11.6. The molecule has 1 aliphatic rings. The molecule has 2 heterocycles. The summed E-state index contributed by atoms with van der Waals surface area (Å²) in [5.41, 5.74) is -0.549. The lowest BCUT2D eigenvalue weighted by Gasteiger charge is -2.38. The maximum atomic E-state index is 11.6. The second kappa shape index (κ2) is 4.49. The minimum Gasteiger partial charge on any atom is -0.468 e. The molecule has 0 aliphatic carbocycles. The third-order valence-corrected chi connectivity index (χ3v) is 2.65. The van der Waals surface area contributed by atoms with E-state index in [9.17, 15) is 4.79 Å². The summed E-state index contributed by atoms with van der Waals surface area (Å²) in [6, 6.07) is 5.58.